The lowest BCUT2D eigenvalue weighted by Crippen LogP contribution is -2.51. The molecule has 0 spiro atoms. The summed E-state index contributed by atoms with van der Waals surface area (Å²) >= 11 is 0. The van der Waals surface area contributed by atoms with Crippen LogP contribution in [-0.4, -0.2) is 55.5 Å². The third-order valence-corrected chi connectivity index (χ3v) is 5.44. The van der Waals surface area contributed by atoms with Gasteiger partial charge in [0, 0.05) is 32.7 Å². The van der Waals surface area contributed by atoms with E-state index in [0.717, 1.165) is 36.9 Å². The molecule has 0 bridgehead atoms. The second-order valence-corrected chi connectivity index (χ2v) is 7.47. The average molecular weight is 397 g/mol. The van der Waals surface area contributed by atoms with Gasteiger partial charge in [0.2, 0.25) is 6.79 Å². The molecule has 2 aliphatic rings. The van der Waals surface area contributed by atoms with Crippen LogP contribution in [0.4, 0.5) is 4.79 Å². The van der Waals surface area contributed by atoms with E-state index in [1.165, 1.54) is 16.7 Å². The molecule has 1 N–H and O–H groups in total. The van der Waals surface area contributed by atoms with Crippen molar-refractivity contribution in [2.24, 2.45) is 0 Å². The number of hydrogen-bond acceptors (Lipinski definition) is 5. The van der Waals surface area contributed by atoms with Gasteiger partial charge in [-0.3, -0.25) is 4.90 Å². The number of rotatable bonds is 5. The highest BCUT2D eigenvalue weighted by molar-refractivity contribution is 5.74. The molecule has 2 heterocycles. The fourth-order valence-corrected chi connectivity index (χ4v) is 3.50. The van der Waals surface area contributed by atoms with Crippen LogP contribution in [0.3, 0.4) is 0 Å². The summed E-state index contributed by atoms with van der Waals surface area (Å²) < 4.78 is 16.5. The maximum absolute atomic E-state index is 12.4. The maximum atomic E-state index is 12.4. The van der Waals surface area contributed by atoms with Gasteiger partial charge in [0.25, 0.3) is 0 Å². The van der Waals surface area contributed by atoms with Crippen LogP contribution < -0.4 is 19.5 Å². The highest BCUT2D eigenvalue weighted by Gasteiger charge is 2.22. The van der Waals surface area contributed by atoms with Crippen molar-refractivity contribution in [3.8, 4) is 17.2 Å². The van der Waals surface area contributed by atoms with Crippen molar-refractivity contribution < 1.29 is 19.0 Å². The summed E-state index contributed by atoms with van der Waals surface area (Å²) in [5, 5.41) is 2.84. The van der Waals surface area contributed by atoms with E-state index >= 15 is 0 Å². The van der Waals surface area contributed by atoms with E-state index in [4.69, 9.17) is 14.2 Å². The van der Waals surface area contributed by atoms with Gasteiger partial charge in [0.05, 0.1) is 0 Å². The Labute approximate surface area is 171 Å². The third kappa shape index (κ3) is 4.74. The Morgan fingerprint density at radius 1 is 1.00 bits per heavy atom. The molecule has 1 saturated heterocycles. The first kappa shape index (κ1) is 19.4. The van der Waals surface area contributed by atoms with Gasteiger partial charge in [0.15, 0.2) is 18.2 Å². The second kappa shape index (κ2) is 8.61. The molecule has 0 atom stereocenters. The predicted octanol–water partition coefficient (Wildman–Crippen LogP) is 2.90. The molecule has 2 amide bonds. The summed E-state index contributed by atoms with van der Waals surface area (Å²) in [5.41, 5.74) is 3.58. The topological polar surface area (TPSA) is 63.3 Å². The number of carbonyl (C=O) groups excluding carboxylic acids is 1. The molecule has 7 heteroatoms. The number of amides is 2. The summed E-state index contributed by atoms with van der Waals surface area (Å²) in [6.45, 7) is 8.46. The summed E-state index contributed by atoms with van der Waals surface area (Å²) in [4.78, 5) is 16.6. The zero-order valence-electron chi connectivity index (χ0n) is 16.9. The number of nitrogens with zero attached hydrogens (tertiary/aromatic N) is 2. The minimum Gasteiger partial charge on any atom is -0.473 e. The molecule has 0 radical (unpaired) electrons. The lowest BCUT2D eigenvalue weighted by atomic mass is 10.1. The number of urea groups is 1. The largest absolute Gasteiger partial charge is 0.473 e. The molecular weight excluding hydrogens is 370 g/mol. The van der Waals surface area contributed by atoms with Gasteiger partial charge in [-0.05, 0) is 54.8 Å². The molecule has 0 aromatic heterocycles. The van der Waals surface area contributed by atoms with Gasteiger partial charge in [-0.25, -0.2) is 4.79 Å². The quantitative estimate of drug-likeness (QED) is 0.786. The molecule has 0 saturated carbocycles. The number of aryl methyl sites for hydroxylation is 2. The van der Waals surface area contributed by atoms with Crippen LogP contribution in [0.5, 0.6) is 17.2 Å². The number of nitrogens with one attached hydrogen (secondary N) is 1. The minimum absolute atomic E-state index is 0.0865. The van der Waals surface area contributed by atoms with E-state index in [1.54, 1.807) is 0 Å². The lowest BCUT2D eigenvalue weighted by molar-refractivity contribution is 0.130. The van der Waals surface area contributed by atoms with E-state index in [-0.39, 0.29) is 12.8 Å². The maximum Gasteiger partial charge on any atom is 0.320 e. The monoisotopic (exact) mass is 397 g/mol. The Bertz CT molecular complexity index is 878. The predicted molar refractivity (Wildman–Crippen MR) is 109 cm³/mol. The fraction of sp³-hybridized carbons (Fsp3) is 0.409. The Morgan fingerprint density at radius 2 is 1.79 bits per heavy atom. The molecule has 2 aromatic carbocycles. The molecule has 4 rings (SSSR count). The number of piperazine rings is 1. The number of ether oxygens (including phenoxy) is 3. The molecule has 2 aromatic rings. The minimum atomic E-state index is -0.0865. The van der Waals surface area contributed by atoms with Crippen molar-refractivity contribution >= 4 is 6.03 Å². The smallest absolute Gasteiger partial charge is 0.320 e. The fourth-order valence-electron chi connectivity index (χ4n) is 3.50. The molecule has 1 fully saturated rings. The van der Waals surface area contributed by atoms with Gasteiger partial charge in [-0.2, -0.15) is 0 Å². The first-order chi connectivity index (χ1) is 14.1. The van der Waals surface area contributed by atoms with Gasteiger partial charge in [-0.1, -0.05) is 12.1 Å². The zero-order chi connectivity index (χ0) is 20.2. The molecule has 2 aliphatic heterocycles. The van der Waals surface area contributed by atoms with Gasteiger partial charge in [-0.15, -0.1) is 0 Å². The molecule has 0 unspecified atom stereocenters. The Hall–Kier alpha value is -2.93. The summed E-state index contributed by atoms with van der Waals surface area (Å²) in [5.74, 6) is 2.38. The van der Waals surface area contributed by atoms with E-state index in [0.29, 0.717) is 19.9 Å². The van der Waals surface area contributed by atoms with Crippen LogP contribution >= 0.6 is 0 Å². The van der Waals surface area contributed by atoms with Gasteiger partial charge >= 0.3 is 6.03 Å². The molecule has 0 aliphatic carbocycles. The van der Waals surface area contributed by atoms with Crippen LogP contribution in [0.25, 0.3) is 0 Å². The number of benzene rings is 2. The van der Waals surface area contributed by atoms with Crippen LogP contribution in [0.15, 0.2) is 36.4 Å². The van der Waals surface area contributed by atoms with Gasteiger partial charge in [0.1, 0.15) is 5.75 Å². The highest BCUT2D eigenvalue weighted by atomic mass is 16.7. The number of fused-ring (bicyclic) bond motifs is 1. The molecule has 29 heavy (non-hydrogen) atoms. The first-order valence-electron chi connectivity index (χ1n) is 9.92. The van der Waals surface area contributed by atoms with Crippen LogP contribution in [-0.2, 0) is 6.54 Å². The van der Waals surface area contributed by atoms with Gasteiger partial charge < -0.3 is 24.4 Å². The Morgan fingerprint density at radius 3 is 2.59 bits per heavy atom. The highest BCUT2D eigenvalue weighted by Crippen LogP contribution is 2.32. The average Bonchev–Trinajstić information content (AvgIpc) is 3.19. The molecule has 154 valence electrons. The Balaban J connectivity index is 1.20. The SMILES string of the molecule is Cc1ccc(OCNC(=O)N2CCN(Cc3ccc4c(c3)OCO4)CC2)cc1C. The van der Waals surface area contributed by atoms with Crippen molar-refractivity contribution in [3.63, 3.8) is 0 Å². The first-order valence-corrected chi connectivity index (χ1v) is 9.92. The number of hydrogen-bond donors (Lipinski definition) is 1. The summed E-state index contributed by atoms with van der Waals surface area (Å²) in [6, 6.07) is 11.9. The van der Waals surface area contributed by atoms with Crippen LogP contribution in [0.2, 0.25) is 0 Å². The second-order valence-electron chi connectivity index (χ2n) is 7.47. The normalized spacial score (nSPS) is 16.0. The van der Waals surface area contributed by atoms with E-state index in [2.05, 4.69) is 23.2 Å². The summed E-state index contributed by atoms with van der Waals surface area (Å²) in [6.07, 6.45) is 0. The van der Waals surface area contributed by atoms with Crippen LogP contribution in [0, 0.1) is 13.8 Å². The number of carbonyl (C=O) groups is 1. The van der Waals surface area contributed by atoms with Crippen molar-refractivity contribution in [2.75, 3.05) is 39.7 Å². The van der Waals surface area contributed by atoms with Crippen molar-refractivity contribution in [3.05, 3.63) is 53.1 Å². The molecular formula is C22H27N3O4. The van der Waals surface area contributed by atoms with E-state index in [1.807, 2.05) is 42.2 Å². The summed E-state index contributed by atoms with van der Waals surface area (Å²) in [7, 11) is 0. The molecule has 7 nitrogen and oxygen atoms in total. The zero-order valence-corrected chi connectivity index (χ0v) is 16.9. The van der Waals surface area contributed by atoms with Crippen molar-refractivity contribution in [1.82, 2.24) is 15.1 Å². The third-order valence-electron chi connectivity index (χ3n) is 5.44. The lowest BCUT2D eigenvalue weighted by Gasteiger charge is -2.34. The van der Waals surface area contributed by atoms with Crippen molar-refractivity contribution in [2.45, 2.75) is 20.4 Å². The van der Waals surface area contributed by atoms with E-state index < -0.39 is 0 Å². The van der Waals surface area contributed by atoms with Crippen molar-refractivity contribution in [1.29, 1.82) is 0 Å². The Kier molecular flexibility index (Phi) is 5.76. The standard InChI is InChI=1S/C22H27N3O4/c1-16-3-5-19(11-17(16)2)27-14-23-22(26)25-9-7-24(8-10-25)13-18-4-6-20-21(12-18)29-15-28-20/h3-6,11-12H,7-10,13-15H2,1-2H3,(H,23,26). The van der Waals surface area contributed by atoms with E-state index in [9.17, 15) is 4.79 Å². The van der Waals surface area contributed by atoms with Crippen LogP contribution in [0.1, 0.15) is 16.7 Å².